The summed E-state index contributed by atoms with van der Waals surface area (Å²) in [4.78, 5) is 15.2. The minimum absolute atomic E-state index is 0.0157. The van der Waals surface area contributed by atoms with Crippen LogP contribution in [0.2, 0.25) is 0 Å². The van der Waals surface area contributed by atoms with Crippen molar-refractivity contribution in [1.29, 1.82) is 5.26 Å². The van der Waals surface area contributed by atoms with E-state index in [1.807, 2.05) is 30.9 Å². The van der Waals surface area contributed by atoms with Crippen molar-refractivity contribution in [2.24, 2.45) is 0 Å². The van der Waals surface area contributed by atoms with Crippen LogP contribution in [0.25, 0.3) is 0 Å². The maximum Gasteiger partial charge on any atom is 0.232 e. The van der Waals surface area contributed by atoms with Crippen LogP contribution < -0.4 is 0 Å². The number of amides is 1. The van der Waals surface area contributed by atoms with E-state index in [-0.39, 0.29) is 10.8 Å². The van der Waals surface area contributed by atoms with Crippen molar-refractivity contribution >= 4 is 15.7 Å². The average Bonchev–Trinajstić information content (AvgIpc) is 2.71. The SMILES string of the molecule is CC(C)(C(=O)N1CCc2ccccc2C1)c1ccc(S(=O)(=O)C=CC#N)cc1. The van der Waals surface area contributed by atoms with Gasteiger partial charge in [0.25, 0.3) is 0 Å². The van der Waals surface area contributed by atoms with Gasteiger partial charge in [0.2, 0.25) is 15.7 Å². The Kier molecular flexibility index (Phi) is 5.39. The smallest absolute Gasteiger partial charge is 0.232 e. The predicted octanol–water partition coefficient (Wildman–Crippen LogP) is 3.36. The van der Waals surface area contributed by atoms with Crippen LogP contribution in [0.5, 0.6) is 0 Å². The van der Waals surface area contributed by atoms with E-state index in [1.165, 1.54) is 23.3 Å². The maximum atomic E-state index is 13.2. The number of fused-ring (bicyclic) bond motifs is 1. The Bertz CT molecular complexity index is 1060. The lowest BCUT2D eigenvalue weighted by Crippen LogP contribution is -2.45. The van der Waals surface area contributed by atoms with Crippen molar-refractivity contribution in [1.82, 2.24) is 4.90 Å². The van der Waals surface area contributed by atoms with Gasteiger partial charge >= 0.3 is 0 Å². The third kappa shape index (κ3) is 3.85. The maximum absolute atomic E-state index is 13.2. The summed E-state index contributed by atoms with van der Waals surface area (Å²) in [5.74, 6) is 0.0157. The number of carbonyl (C=O) groups is 1. The van der Waals surface area contributed by atoms with E-state index in [1.54, 1.807) is 18.2 Å². The molecule has 0 fully saturated rings. The van der Waals surface area contributed by atoms with Gasteiger partial charge in [-0.05, 0) is 49.1 Å². The molecule has 1 aliphatic rings. The summed E-state index contributed by atoms with van der Waals surface area (Å²) in [5, 5.41) is 9.41. The fourth-order valence-corrected chi connectivity index (χ4v) is 4.36. The summed E-state index contributed by atoms with van der Waals surface area (Å²) < 4.78 is 24.3. The zero-order valence-electron chi connectivity index (χ0n) is 15.9. The lowest BCUT2D eigenvalue weighted by molar-refractivity contribution is -0.137. The van der Waals surface area contributed by atoms with Crippen LogP contribution in [-0.2, 0) is 33.0 Å². The Morgan fingerprint density at radius 2 is 1.75 bits per heavy atom. The summed E-state index contributed by atoms with van der Waals surface area (Å²) >= 11 is 0. The van der Waals surface area contributed by atoms with Crippen LogP contribution >= 0.6 is 0 Å². The molecule has 5 nitrogen and oxygen atoms in total. The molecule has 0 aliphatic carbocycles. The number of hydrogen-bond donors (Lipinski definition) is 0. The molecule has 28 heavy (non-hydrogen) atoms. The van der Waals surface area contributed by atoms with E-state index in [2.05, 4.69) is 12.1 Å². The van der Waals surface area contributed by atoms with Gasteiger partial charge in [-0.15, -0.1) is 0 Å². The minimum atomic E-state index is -3.66. The number of carbonyl (C=O) groups excluding carboxylic acids is 1. The van der Waals surface area contributed by atoms with Crippen LogP contribution in [0.3, 0.4) is 0 Å². The highest BCUT2D eigenvalue weighted by Crippen LogP contribution is 2.30. The summed E-state index contributed by atoms with van der Waals surface area (Å²) in [6, 6.07) is 16.1. The van der Waals surface area contributed by atoms with Gasteiger partial charge in [0.1, 0.15) is 0 Å². The molecule has 2 aromatic rings. The number of rotatable bonds is 4. The molecule has 3 rings (SSSR count). The van der Waals surface area contributed by atoms with Crippen molar-refractivity contribution in [2.75, 3.05) is 6.54 Å². The lowest BCUT2D eigenvalue weighted by Gasteiger charge is -2.35. The number of benzene rings is 2. The molecule has 0 aromatic heterocycles. The first-order valence-electron chi connectivity index (χ1n) is 9.03. The van der Waals surface area contributed by atoms with Crippen molar-refractivity contribution in [3.8, 4) is 6.07 Å². The summed E-state index contributed by atoms with van der Waals surface area (Å²) in [5.41, 5.74) is 2.42. The average molecular weight is 394 g/mol. The van der Waals surface area contributed by atoms with Crippen LogP contribution in [0.15, 0.2) is 64.9 Å². The zero-order chi connectivity index (χ0) is 20.4. The molecule has 1 aliphatic heterocycles. The standard InChI is InChI=1S/C22H22N2O3S/c1-22(2,19-8-10-20(11-9-19)28(26,27)15-5-13-23)21(25)24-14-12-17-6-3-4-7-18(17)16-24/h3-11,15H,12,14,16H2,1-2H3. The molecule has 0 saturated heterocycles. The molecule has 0 radical (unpaired) electrons. The molecule has 0 unspecified atom stereocenters. The first kappa shape index (κ1) is 19.8. The van der Waals surface area contributed by atoms with Gasteiger partial charge < -0.3 is 4.90 Å². The third-order valence-corrected chi connectivity index (χ3v) is 6.60. The highest BCUT2D eigenvalue weighted by Gasteiger charge is 2.35. The van der Waals surface area contributed by atoms with E-state index >= 15 is 0 Å². The molecule has 144 valence electrons. The summed E-state index contributed by atoms with van der Waals surface area (Å²) in [7, 11) is -3.66. The van der Waals surface area contributed by atoms with E-state index in [0.29, 0.717) is 13.1 Å². The predicted molar refractivity (Wildman–Crippen MR) is 107 cm³/mol. The molecule has 0 N–H and O–H groups in total. The second kappa shape index (κ2) is 7.61. The Labute approximate surface area is 165 Å². The van der Waals surface area contributed by atoms with Crippen molar-refractivity contribution < 1.29 is 13.2 Å². The van der Waals surface area contributed by atoms with Crippen LogP contribution in [0.4, 0.5) is 0 Å². The molecular formula is C22H22N2O3S. The molecule has 0 atom stereocenters. The number of nitrogens with zero attached hydrogens (tertiary/aromatic N) is 2. The molecule has 1 amide bonds. The fraction of sp³-hybridized carbons (Fsp3) is 0.273. The van der Waals surface area contributed by atoms with Gasteiger partial charge in [-0.1, -0.05) is 36.4 Å². The van der Waals surface area contributed by atoms with Crippen molar-refractivity contribution in [3.63, 3.8) is 0 Å². The molecule has 0 bridgehead atoms. The number of hydrogen-bond acceptors (Lipinski definition) is 4. The second-order valence-electron chi connectivity index (χ2n) is 7.37. The summed E-state index contributed by atoms with van der Waals surface area (Å²) in [6.07, 6.45) is 1.77. The van der Waals surface area contributed by atoms with Gasteiger partial charge in [0.15, 0.2) is 0 Å². The number of sulfone groups is 1. The Balaban J connectivity index is 1.82. The molecule has 0 saturated carbocycles. The van der Waals surface area contributed by atoms with E-state index in [9.17, 15) is 13.2 Å². The van der Waals surface area contributed by atoms with Crippen LogP contribution in [0.1, 0.15) is 30.5 Å². The van der Waals surface area contributed by atoms with Crippen LogP contribution in [0, 0.1) is 11.3 Å². The molecule has 0 spiro atoms. The van der Waals surface area contributed by atoms with E-state index in [0.717, 1.165) is 23.5 Å². The highest BCUT2D eigenvalue weighted by atomic mass is 32.2. The quantitative estimate of drug-likeness (QED) is 0.745. The fourth-order valence-electron chi connectivity index (χ4n) is 3.45. The van der Waals surface area contributed by atoms with Gasteiger partial charge in [-0.25, -0.2) is 8.42 Å². The Hall–Kier alpha value is -2.91. The van der Waals surface area contributed by atoms with Crippen molar-refractivity contribution in [2.45, 2.75) is 37.1 Å². The molecule has 2 aromatic carbocycles. The normalized spacial score (nSPS) is 14.5. The second-order valence-corrected chi connectivity index (χ2v) is 9.21. The van der Waals surface area contributed by atoms with Crippen molar-refractivity contribution in [3.05, 3.63) is 76.7 Å². The minimum Gasteiger partial charge on any atom is -0.337 e. The van der Waals surface area contributed by atoms with Gasteiger partial charge in [0, 0.05) is 24.6 Å². The van der Waals surface area contributed by atoms with E-state index < -0.39 is 15.3 Å². The molecular weight excluding hydrogens is 372 g/mol. The van der Waals surface area contributed by atoms with E-state index in [4.69, 9.17) is 5.26 Å². The first-order valence-corrected chi connectivity index (χ1v) is 10.6. The van der Waals surface area contributed by atoms with Gasteiger partial charge in [-0.3, -0.25) is 4.79 Å². The Morgan fingerprint density at radius 1 is 1.11 bits per heavy atom. The Morgan fingerprint density at radius 3 is 2.39 bits per heavy atom. The third-order valence-electron chi connectivity index (χ3n) is 5.18. The monoisotopic (exact) mass is 394 g/mol. The van der Waals surface area contributed by atoms with Gasteiger partial charge in [-0.2, -0.15) is 5.26 Å². The zero-order valence-corrected chi connectivity index (χ0v) is 16.7. The summed E-state index contributed by atoms with van der Waals surface area (Å²) in [6.45, 7) is 4.97. The topological polar surface area (TPSA) is 78.2 Å². The number of allylic oxidation sites excluding steroid dienone is 1. The lowest BCUT2D eigenvalue weighted by atomic mass is 9.82. The van der Waals surface area contributed by atoms with Crippen LogP contribution in [-0.4, -0.2) is 25.8 Å². The van der Waals surface area contributed by atoms with Gasteiger partial charge in [0.05, 0.1) is 16.4 Å². The highest BCUT2D eigenvalue weighted by molar-refractivity contribution is 7.94. The first-order chi connectivity index (χ1) is 13.3. The largest absolute Gasteiger partial charge is 0.337 e. The number of nitriles is 1. The molecule has 1 heterocycles. The molecule has 6 heteroatoms.